The van der Waals surface area contributed by atoms with Crippen LogP contribution in [-0.4, -0.2) is 35.3 Å². The molecule has 1 aromatic carbocycles. The van der Waals surface area contributed by atoms with Gasteiger partial charge in [0.15, 0.2) is 5.82 Å². The smallest absolute Gasteiger partial charge is 0.226 e. The van der Waals surface area contributed by atoms with E-state index in [0.717, 1.165) is 42.9 Å². The predicted octanol–water partition coefficient (Wildman–Crippen LogP) is 3.29. The molecule has 0 spiro atoms. The Labute approximate surface area is 163 Å². The van der Waals surface area contributed by atoms with Crippen LogP contribution in [0, 0.1) is 5.92 Å². The summed E-state index contributed by atoms with van der Waals surface area (Å²) in [4.78, 5) is 8.99. The molecule has 144 valence electrons. The zero-order chi connectivity index (χ0) is 17.8. The van der Waals surface area contributed by atoms with E-state index >= 15 is 0 Å². The summed E-state index contributed by atoms with van der Waals surface area (Å²) in [6.45, 7) is 2.20. The minimum atomic E-state index is 0. The number of nitrogens with zero attached hydrogens (tertiary/aromatic N) is 3. The van der Waals surface area contributed by atoms with E-state index < -0.39 is 0 Å². The summed E-state index contributed by atoms with van der Waals surface area (Å²) in [6.07, 6.45) is 5.28. The van der Waals surface area contributed by atoms with E-state index in [1.807, 2.05) is 24.3 Å². The number of methoxy groups -OCH3 is 1. The molecule has 0 amide bonds. The maximum absolute atomic E-state index is 5.57. The lowest BCUT2D eigenvalue weighted by molar-refractivity contribution is 0.361. The highest BCUT2D eigenvalue weighted by Crippen LogP contribution is 2.22. The van der Waals surface area contributed by atoms with Crippen molar-refractivity contribution in [2.45, 2.75) is 25.7 Å². The van der Waals surface area contributed by atoms with E-state index in [2.05, 4.69) is 20.4 Å². The minimum absolute atomic E-state index is 0. The second-order valence-electron chi connectivity index (χ2n) is 6.55. The average Bonchev–Trinajstić information content (AvgIpc) is 3.43. The average molecular weight is 391 g/mol. The first-order chi connectivity index (χ1) is 12.8. The molecular formula is C19H23ClN4O3. The second-order valence-corrected chi connectivity index (χ2v) is 6.55. The number of nitrogens with one attached hydrogen (secondary N) is 1. The Morgan fingerprint density at radius 3 is 2.81 bits per heavy atom. The van der Waals surface area contributed by atoms with E-state index in [1.54, 1.807) is 13.4 Å². The second kappa shape index (κ2) is 9.01. The lowest BCUT2D eigenvalue weighted by atomic mass is 10.0. The highest BCUT2D eigenvalue weighted by atomic mass is 35.5. The number of aromatic nitrogens is 3. The van der Waals surface area contributed by atoms with Crippen molar-refractivity contribution in [3.8, 4) is 17.2 Å². The number of hydrogen-bond donors (Lipinski definition) is 1. The normalized spacial score (nSPS) is 16.3. The van der Waals surface area contributed by atoms with E-state index in [1.165, 1.54) is 6.42 Å². The van der Waals surface area contributed by atoms with Gasteiger partial charge < -0.3 is 19.0 Å². The predicted molar refractivity (Wildman–Crippen MR) is 102 cm³/mol. The van der Waals surface area contributed by atoms with Crippen LogP contribution in [0.1, 0.15) is 30.3 Å². The van der Waals surface area contributed by atoms with Gasteiger partial charge in [-0.25, -0.2) is 4.98 Å². The number of halogens is 1. The summed E-state index contributed by atoms with van der Waals surface area (Å²) < 4.78 is 16.1. The van der Waals surface area contributed by atoms with E-state index in [-0.39, 0.29) is 12.4 Å². The van der Waals surface area contributed by atoms with Crippen LogP contribution in [0.3, 0.4) is 0 Å². The summed E-state index contributed by atoms with van der Waals surface area (Å²) in [5.41, 5.74) is 1.68. The molecular weight excluding hydrogens is 368 g/mol. The van der Waals surface area contributed by atoms with Crippen LogP contribution in [0.5, 0.6) is 5.75 Å². The molecule has 1 fully saturated rings. The third kappa shape index (κ3) is 4.87. The van der Waals surface area contributed by atoms with Gasteiger partial charge in [-0.15, -0.1) is 12.4 Å². The molecule has 1 aliphatic rings. The van der Waals surface area contributed by atoms with Gasteiger partial charge in [0.1, 0.15) is 12.0 Å². The van der Waals surface area contributed by atoms with E-state index in [4.69, 9.17) is 13.7 Å². The summed E-state index contributed by atoms with van der Waals surface area (Å²) >= 11 is 0. The van der Waals surface area contributed by atoms with Gasteiger partial charge in [0.25, 0.3) is 0 Å². The molecule has 27 heavy (non-hydrogen) atoms. The van der Waals surface area contributed by atoms with Crippen molar-refractivity contribution >= 4 is 12.4 Å². The Morgan fingerprint density at radius 2 is 2.07 bits per heavy atom. The third-order valence-electron chi connectivity index (χ3n) is 4.67. The van der Waals surface area contributed by atoms with Crippen molar-refractivity contribution in [2.75, 3.05) is 20.2 Å². The van der Waals surface area contributed by atoms with Gasteiger partial charge >= 0.3 is 0 Å². The molecule has 1 saturated heterocycles. The molecule has 7 nitrogen and oxygen atoms in total. The van der Waals surface area contributed by atoms with Crippen LogP contribution in [0.15, 0.2) is 39.5 Å². The SMILES string of the molecule is COc1ccc(-c2nc(Cc3noc(CCC4CCNC4)n3)co2)cc1.Cl. The molecule has 4 rings (SSSR count). The lowest BCUT2D eigenvalue weighted by Crippen LogP contribution is -2.09. The Balaban J connectivity index is 0.00000210. The number of benzene rings is 1. The van der Waals surface area contributed by atoms with Crippen LogP contribution in [0.4, 0.5) is 0 Å². The fourth-order valence-electron chi connectivity index (χ4n) is 3.17. The van der Waals surface area contributed by atoms with Gasteiger partial charge in [0.2, 0.25) is 11.8 Å². The molecule has 0 aliphatic carbocycles. The zero-order valence-corrected chi connectivity index (χ0v) is 16.0. The quantitative estimate of drug-likeness (QED) is 0.662. The molecule has 0 saturated carbocycles. The van der Waals surface area contributed by atoms with Gasteiger partial charge in [0, 0.05) is 12.0 Å². The fourth-order valence-corrected chi connectivity index (χ4v) is 3.17. The molecule has 1 N–H and O–H groups in total. The standard InChI is InChI=1S/C19H22N4O3.ClH/c1-24-16-5-3-14(4-6-16)19-21-15(12-25-19)10-17-22-18(26-23-17)7-2-13-8-9-20-11-13;/h3-6,12-13,20H,2,7-11H2,1H3;1H. The monoisotopic (exact) mass is 390 g/mol. The minimum Gasteiger partial charge on any atom is -0.497 e. The van der Waals surface area contributed by atoms with Gasteiger partial charge in [-0.2, -0.15) is 4.98 Å². The van der Waals surface area contributed by atoms with Crippen LogP contribution in [-0.2, 0) is 12.8 Å². The molecule has 1 unspecified atom stereocenters. The van der Waals surface area contributed by atoms with Crippen LogP contribution in [0.25, 0.3) is 11.5 Å². The van der Waals surface area contributed by atoms with Crippen molar-refractivity contribution in [3.05, 3.63) is 47.9 Å². The molecule has 2 aromatic heterocycles. The van der Waals surface area contributed by atoms with Gasteiger partial charge in [0.05, 0.1) is 19.2 Å². The Bertz CT molecular complexity index is 841. The molecule has 0 bridgehead atoms. The van der Waals surface area contributed by atoms with Crippen molar-refractivity contribution in [3.63, 3.8) is 0 Å². The zero-order valence-electron chi connectivity index (χ0n) is 15.2. The van der Waals surface area contributed by atoms with Crippen molar-refractivity contribution < 1.29 is 13.7 Å². The first-order valence-electron chi connectivity index (χ1n) is 8.91. The Hall–Kier alpha value is -2.38. The maximum Gasteiger partial charge on any atom is 0.226 e. The molecule has 8 heteroatoms. The van der Waals surface area contributed by atoms with Gasteiger partial charge in [-0.3, -0.25) is 0 Å². The number of ether oxygens (including phenoxy) is 1. The topological polar surface area (TPSA) is 86.2 Å². The summed E-state index contributed by atoms with van der Waals surface area (Å²) in [5.74, 6) is 3.42. The Kier molecular flexibility index (Phi) is 6.47. The highest BCUT2D eigenvalue weighted by Gasteiger charge is 2.17. The first-order valence-corrected chi connectivity index (χ1v) is 8.91. The van der Waals surface area contributed by atoms with E-state index in [0.29, 0.717) is 29.9 Å². The fraction of sp³-hybridized carbons (Fsp3) is 0.421. The third-order valence-corrected chi connectivity index (χ3v) is 4.67. The molecule has 0 radical (unpaired) electrons. The van der Waals surface area contributed by atoms with E-state index in [9.17, 15) is 0 Å². The number of rotatable bonds is 7. The van der Waals surface area contributed by atoms with Crippen LogP contribution in [0.2, 0.25) is 0 Å². The molecule has 3 aromatic rings. The summed E-state index contributed by atoms with van der Waals surface area (Å²) in [6, 6.07) is 7.59. The molecule has 1 aliphatic heterocycles. The highest BCUT2D eigenvalue weighted by molar-refractivity contribution is 5.85. The molecule has 1 atom stereocenters. The van der Waals surface area contributed by atoms with Crippen LogP contribution >= 0.6 is 12.4 Å². The number of hydrogen-bond acceptors (Lipinski definition) is 7. The van der Waals surface area contributed by atoms with Crippen molar-refractivity contribution in [1.82, 2.24) is 20.4 Å². The molecule has 3 heterocycles. The lowest BCUT2D eigenvalue weighted by Gasteiger charge is -2.03. The van der Waals surface area contributed by atoms with Crippen molar-refractivity contribution in [1.29, 1.82) is 0 Å². The number of oxazole rings is 1. The van der Waals surface area contributed by atoms with Gasteiger partial charge in [-0.05, 0) is 56.1 Å². The first kappa shape index (κ1) is 19.4. The van der Waals surface area contributed by atoms with Crippen molar-refractivity contribution in [2.24, 2.45) is 5.92 Å². The Morgan fingerprint density at radius 1 is 1.22 bits per heavy atom. The maximum atomic E-state index is 5.57. The van der Waals surface area contributed by atoms with Gasteiger partial charge in [-0.1, -0.05) is 5.16 Å². The number of aryl methyl sites for hydroxylation is 1. The summed E-state index contributed by atoms with van der Waals surface area (Å²) in [7, 11) is 1.64. The summed E-state index contributed by atoms with van der Waals surface area (Å²) in [5, 5.41) is 7.44. The largest absolute Gasteiger partial charge is 0.497 e. The van der Waals surface area contributed by atoms with Crippen LogP contribution < -0.4 is 10.1 Å².